The van der Waals surface area contributed by atoms with Crippen molar-refractivity contribution in [2.24, 2.45) is 0 Å². The molecule has 0 radical (unpaired) electrons. The van der Waals surface area contributed by atoms with Crippen LogP contribution in [0.2, 0.25) is 5.02 Å². The van der Waals surface area contributed by atoms with Gasteiger partial charge in [0.25, 0.3) is 0 Å². The topological polar surface area (TPSA) is 41.1 Å². The van der Waals surface area contributed by atoms with Crippen molar-refractivity contribution < 1.29 is 4.79 Å². The van der Waals surface area contributed by atoms with Gasteiger partial charge in [-0.3, -0.25) is 4.79 Å². The van der Waals surface area contributed by atoms with E-state index in [2.05, 4.69) is 36.6 Å². The second kappa shape index (κ2) is 6.23. The molecule has 0 aromatic heterocycles. The standard InChI is InChI=1S/C21H21ClN2O/c1-12-10-17-18(11-13(12)2)24-21(14-6-8-15(22)9-7-14)20-16(23-17)4-3-5-19(20)25/h6-11,21,23-24H,3-5H2,1-2H3/t21-/m1/s1. The monoisotopic (exact) mass is 352 g/mol. The minimum absolute atomic E-state index is 0.157. The molecule has 25 heavy (non-hydrogen) atoms. The van der Waals surface area contributed by atoms with Crippen molar-refractivity contribution in [3.05, 3.63) is 69.4 Å². The van der Waals surface area contributed by atoms with Crippen molar-refractivity contribution in [2.45, 2.75) is 39.2 Å². The molecule has 0 spiro atoms. The fraction of sp³-hybridized carbons (Fsp3) is 0.286. The normalized spacial score (nSPS) is 19.5. The number of allylic oxidation sites excluding steroid dienone is 1. The number of aryl methyl sites for hydroxylation is 2. The number of rotatable bonds is 1. The highest BCUT2D eigenvalue weighted by atomic mass is 35.5. The Labute approximate surface area is 153 Å². The van der Waals surface area contributed by atoms with Crippen LogP contribution in [-0.4, -0.2) is 5.78 Å². The number of ketones is 1. The van der Waals surface area contributed by atoms with E-state index in [1.165, 1.54) is 11.1 Å². The Kier molecular flexibility index (Phi) is 4.04. The molecule has 2 aliphatic rings. The molecule has 1 aliphatic heterocycles. The number of carbonyl (C=O) groups is 1. The maximum Gasteiger partial charge on any atom is 0.163 e. The summed E-state index contributed by atoms with van der Waals surface area (Å²) in [5.74, 6) is 0.224. The van der Waals surface area contributed by atoms with Gasteiger partial charge in [-0.2, -0.15) is 0 Å². The molecule has 2 N–H and O–H groups in total. The van der Waals surface area contributed by atoms with Crippen LogP contribution in [0.4, 0.5) is 11.4 Å². The summed E-state index contributed by atoms with van der Waals surface area (Å²) in [4.78, 5) is 12.8. The number of benzene rings is 2. The SMILES string of the molecule is Cc1cc2c(cc1C)N[C@H](c1ccc(Cl)cc1)C1=C(CCCC1=O)N2. The Morgan fingerprint density at radius 2 is 1.68 bits per heavy atom. The smallest absolute Gasteiger partial charge is 0.163 e. The van der Waals surface area contributed by atoms with Gasteiger partial charge in [0, 0.05) is 22.7 Å². The van der Waals surface area contributed by atoms with Gasteiger partial charge in [-0.25, -0.2) is 0 Å². The van der Waals surface area contributed by atoms with Crippen molar-refractivity contribution in [1.82, 2.24) is 0 Å². The first-order valence-corrected chi connectivity index (χ1v) is 9.07. The molecule has 0 saturated heterocycles. The average molecular weight is 353 g/mol. The van der Waals surface area contributed by atoms with E-state index in [1.54, 1.807) is 0 Å². The summed E-state index contributed by atoms with van der Waals surface area (Å²) in [5.41, 5.74) is 7.51. The molecule has 1 aliphatic carbocycles. The number of halogens is 1. The van der Waals surface area contributed by atoms with E-state index in [0.717, 1.165) is 41.1 Å². The van der Waals surface area contributed by atoms with E-state index in [-0.39, 0.29) is 11.8 Å². The van der Waals surface area contributed by atoms with Gasteiger partial charge in [0.2, 0.25) is 0 Å². The highest BCUT2D eigenvalue weighted by Gasteiger charge is 2.32. The summed E-state index contributed by atoms with van der Waals surface area (Å²) >= 11 is 6.06. The third-order valence-corrected chi connectivity index (χ3v) is 5.42. The van der Waals surface area contributed by atoms with E-state index in [9.17, 15) is 4.79 Å². The molecule has 4 rings (SSSR count). The maximum absolute atomic E-state index is 12.8. The fourth-order valence-corrected chi connectivity index (χ4v) is 3.79. The van der Waals surface area contributed by atoms with Crippen LogP contribution in [0.1, 0.15) is 42.0 Å². The van der Waals surface area contributed by atoms with Crippen molar-refractivity contribution in [1.29, 1.82) is 0 Å². The van der Waals surface area contributed by atoms with Crippen LogP contribution in [0.25, 0.3) is 0 Å². The molecule has 1 heterocycles. The molecule has 128 valence electrons. The van der Waals surface area contributed by atoms with Crippen LogP contribution in [-0.2, 0) is 4.79 Å². The second-order valence-electron chi connectivity index (χ2n) is 6.90. The van der Waals surface area contributed by atoms with E-state index in [4.69, 9.17) is 11.6 Å². The van der Waals surface area contributed by atoms with Crippen LogP contribution < -0.4 is 10.6 Å². The van der Waals surface area contributed by atoms with Gasteiger partial charge in [-0.1, -0.05) is 23.7 Å². The van der Waals surface area contributed by atoms with Crippen molar-refractivity contribution in [2.75, 3.05) is 10.6 Å². The molecular formula is C21H21ClN2O. The third-order valence-electron chi connectivity index (χ3n) is 5.17. The highest BCUT2D eigenvalue weighted by molar-refractivity contribution is 6.30. The molecular weight excluding hydrogens is 332 g/mol. The van der Waals surface area contributed by atoms with Gasteiger partial charge in [-0.05, 0) is 67.6 Å². The Hall–Kier alpha value is -2.26. The van der Waals surface area contributed by atoms with Crippen LogP contribution in [0.15, 0.2) is 47.7 Å². The lowest BCUT2D eigenvalue weighted by Gasteiger charge is -2.25. The van der Waals surface area contributed by atoms with Gasteiger partial charge in [-0.15, -0.1) is 0 Å². The van der Waals surface area contributed by atoms with Crippen LogP contribution in [0, 0.1) is 13.8 Å². The van der Waals surface area contributed by atoms with E-state index < -0.39 is 0 Å². The first-order chi connectivity index (χ1) is 12.0. The number of hydrogen-bond donors (Lipinski definition) is 2. The predicted molar refractivity (Wildman–Crippen MR) is 103 cm³/mol. The first-order valence-electron chi connectivity index (χ1n) is 8.69. The summed E-state index contributed by atoms with van der Waals surface area (Å²) in [5, 5.41) is 7.85. The number of nitrogens with one attached hydrogen (secondary N) is 2. The summed E-state index contributed by atoms with van der Waals surface area (Å²) in [7, 11) is 0. The minimum atomic E-state index is -0.157. The number of fused-ring (bicyclic) bond motifs is 1. The Balaban J connectivity index is 1.88. The molecule has 2 aromatic rings. The van der Waals surface area contributed by atoms with Gasteiger partial charge in [0.15, 0.2) is 5.78 Å². The van der Waals surface area contributed by atoms with Crippen molar-refractivity contribution in [3.63, 3.8) is 0 Å². The molecule has 0 saturated carbocycles. The molecule has 0 unspecified atom stereocenters. The van der Waals surface area contributed by atoms with Crippen molar-refractivity contribution >= 4 is 28.8 Å². The largest absolute Gasteiger partial charge is 0.372 e. The van der Waals surface area contributed by atoms with E-state index in [0.29, 0.717) is 11.4 Å². The summed E-state index contributed by atoms with van der Waals surface area (Å²) in [6.07, 6.45) is 2.41. The van der Waals surface area contributed by atoms with Gasteiger partial charge < -0.3 is 10.6 Å². The zero-order chi connectivity index (χ0) is 17.6. The fourth-order valence-electron chi connectivity index (χ4n) is 3.66. The second-order valence-corrected chi connectivity index (χ2v) is 7.34. The summed E-state index contributed by atoms with van der Waals surface area (Å²) < 4.78 is 0. The van der Waals surface area contributed by atoms with Crippen LogP contribution >= 0.6 is 11.6 Å². The van der Waals surface area contributed by atoms with E-state index >= 15 is 0 Å². The third kappa shape index (κ3) is 2.93. The van der Waals surface area contributed by atoms with Crippen molar-refractivity contribution in [3.8, 4) is 0 Å². The molecule has 0 fully saturated rings. The van der Waals surface area contributed by atoms with Gasteiger partial charge in [0.1, 0.15) is 0 Å². The lowest BCUT2D eigenvalue weighted by atomic mass is 9.87. The Morgan fingerprint density at radius 3 is 2.40 bits per heavy atom. The van der Waals surface area contributed by atoms with Crippen LogP contribution in [0.3, 0.4) is 0 Å². The highest BCUT2D eigenvalue weighted by Crippen LogP contribution is 2.41. The maximum atomic E-state index is 12.8. The number of carbonyl (C=O) groups excluding carboxylic acids is 1. The number of hydrogen-bond acceptors (Lipinski definition) is 3. The lowest BCUT2D eigenvalue weighted by Crippen LogP contribution is -2.23. The predicted octanol–water partition coefficient (Wildman–Crippen LogP) is 5.54. The zero-order valence-electron chi connectivity index (χ0n) is 14.4. The zero-order valence-corrected chi connectivity index (χ0v) is 15.2. The first kappa shape index (κ1) is 16.2. The minimum Gasteiger partial charge on any atom is -0.372 e. The number of anilines is 2. The average Bonchev–Trinajstić information content (AvgIpc) is 2.74. The number of Topliss-reactive ketones (excluding diaryl/α,β-unsaturated/α-hetero) is 1. The Morgan fingerprint density at radius 1 is 1.00 bits per heavy atom. The molecule has 1 atom stereocenters. The Bertz CT molecular complexity index is 884. The van der Waals surface area contributed by atoms with E-state index in [1.807, 2.05) is 24.3 Å². The summed E-state index contributed by atoms with van der Waals surface area (Å²) in [6, 6.07) is 11.9. The molecule has 3 nitrogen and oxygen atoms in total. The molecule has 4 heteroatoms. The molecule has 0 bridgehead atoms. The summed E-state index contributed by atoms with van der Waals surface area (Å²) in [6.45, 7) is 4.22. The lowest BCUT2D eigenvalue weighted by molar-refractivity contribution is -0.116. The quantitative estimate of drug-likeness (QED) is 0.707. The molecule has 2 aromatic carbocycles. The van der Waals surface area contributed by atoms with Gasteiger partial charge >= 0.3 is 0 Å². The molecule has 0 amide bonds. The van der Waals surface area contributed by atoms with Crippen LogP contribution in [0.5, 0.6) is 0 Å². The van der Waals surface area contributed by atoms with Gasteiger partial charge in [0.05, 0.1) is 17.4 Å².